The topological polar surface area (TPSA) is 55.6 Å². The van der Waals surface area contributed by atoms with Crippen LogP contribution in [0.25, 0.3) is 0 Å². The van der Waals surface area contributed by atoms with Gasteiger partial charge in [-0.05, 0) is 44.4 Å². The zero-order chi connectivity index (χ0) is 14.5. The summed E-state index contributed by atoms with van der Waals surface area (Å²) >= 11 is 0. The first-order chi connectivity index (χ1) is 9.67. The van der Waals surface area contributed by atoms with Gasteiger partial charge in [-0.1, -0.05) is 0 Å². The lowest BCUT2D eigenvalue weighted by molar-refractivity contribution is 0.0573. The van der Waals surface area contributed by atoms with E-state index < -0.39 is 5.82 Å². The number of nitrogens with zero attached hydrogens (tertiary/aromatic N) is 1. The van der Waals surface area contributed by atoms with Crippen LogP contribution in [0, 0.1) is 5.82 Å². The van der Waals surface area contributed by atoms with Crippen LogP contribution in [0.2, 0.25) is 0 Å². The minimum Gasteiger partial charge on any atom is -0.497 e. The second-order valence-electron chi connectivity index (χ2n) is 5.07. The van der Waals surface area contributed by atoms with Crippen molar-refractivity contribution in [2.75, 3.05) is 20.2 Å². The van der Waals surface area contributed by atoms with E-state index in [2.05, 4.69) is 0 Å². The predicted molar refractivity (Wildman–Crippen MR) is 75.3 cm³/mol. The molecule has 2 N–H and O–H groups in total. The van der Waals surface area contributed by atoms with Crippen molar-refractivity contribution in [1.82, 2.24) is 4.90 Å². The molecule has 0 spiro atoms. The molecule has 1 aromatic carbocycles. The molecule has 0 heterocycles. The van der Waals surface area contributed by atoms with Crippen molar-refractivity contribution < 1.29 is 13.9 Å². The van der Waals surface area contributed by atoms with Crippen molar-refractivity contribution >= 4 is 5.91 Å². The van der Waals surface area contributed by atoms with Gasteiger partial charge in [-0.3, -0.25) is 4.79 Å². The lowest BCUT2D eigenvalue weighted by atomic mass is 9.90. The molecule has 1 aliphatic carbocycles. The van der Waals surface area contributed by atoms with Crippen molar-refractivity contribution in [3.8, 4) is 5.75 Å². The van der Waals surface area contributed by atoms with Crippen LogP contribution in [0.3, 0.4) is 0 Å². The fraction of sp³-hybridized carbons (Fsp3) is 0.533. The summed E-state index contributed by atoms with van der Waals surface area (Å²) in [6.45, 7) is 1.12. The third-order valence-corrected chi connectivity index (χ3v) is 3.79. The highest BCUT2D eigenvalue weighted by atomic mass is 19.1. The Kier molecular flexibility index (Phi) is 4.95. The van der Waals surface area contributed by atoms with Crippen LogP contribution in [0.4, 0.5) is 4.39 Å². The maximum absolute atomic E-state index is 14.0. The van der Waals surface area contributed by atoms with Crippen LogP contribution in [-0.4, -0.2) is 37.0 Å². The molecule has 0 bridgehead atoms. The van der Waals surface area contributed by atoms with Gasteiger partial charge in [0.05, 0.1) is 12.7 Å². The monoisotopic (exact) mass is 280 g/mol. The summed E-state index contributed by atoms with van der Waals surface area (Å²) in [5.74, 6) is -0.370. The zero-order valence-corrected chi connectivity index (χ0v) is 11.8. The molecule has 1 saturated carbocycles. The number of carbonyl (C=O) groups excluding carboxylic acids is 1. The van der Waals surface area contributed by atoms with Crippen molar-refractivity contribution in [3.05, 3.63) is 29.6 Å². The number of hydrogen-bond acceptors (Lipinski definition) is 3. The summed E-state index contributed by atoms with van der Waals surface area (Å²) in [7, 11) is 1.47. The van der Waals surface area contributed by atoms with E-state index in [1.165, 1.54) is 19.2 Å². The largest absolute Gasteiger partial charge is 0.497 e. The van der Waals surface area contributed by atoms with Crippen molar-refractivity contribution in [3.63, 3.8) is 0 Å². The summed E-state index contributed by atoms with van der Waals surface area (Å²) < 4.78 is 19.0. The zero-order valence-electron chi connectivity index (χ0n) is 11.8. The highest BCUT2D eigenvalue weighted by Crippen LogP contribution is 2.27. The smallest absolute Gasteiger partial charge is 0.257 e. The second kappa shape index (κ2) is 6.70. The van der Waals surface area contributed by atoms with Crippen LogP contribution in [-0.2, 0) is 0 Å². The first-order valence-electron chi connectivity index (χ1n) is 7.02. The molecule has 0 aromatic heterocycles. The van der Waals surface area contributed by atoms with Gasteiger partial charge < -0.3 is 15.4 Å². The molecule has 1 aromatic rings. The maximum Gasteiger partial charge on any atom is 0.257 e. The lowest BCUT2D eigenvalue weighted by Crippen LogP contribution is -2.45. The molecule has 0 aliphatic heterocycles. The molecule has 110 valence electrons. The Morgan fingerprint density at radius 1 is 1.50 bits per heavy atom. The fourth-order valence-electron chi connectivity index (χ4n) is 2.36. The summed E-state index contributed by atoms with van der Waals surface area (Å²) in [4.78, 5) is 14.3. The molecular formula is C15H21FN2O2. The maximum atomic E-state index is 14.0. The van der Waals surface area contributed by atoms with Crippen LogP contribution >= 0.6 is 0 Å². The Balaban J connectivity index is 2.17. The van der Waals surface area contributed by atoms with Gasteiger partial charge in [-0.25, -0.2) is 4.39 Å². The molecule has 20 heavy (non-hydrogen) atoms. The molecule has 4 nitrogen and oxygen atoms in total. The van der Waals surface area contributed by atoms with Crippen molar-refractivity contribution in [2.24, 2.45) is 5.73 Å². The van der Waals surface area contributed by atoms with Gasteiger partial charge in [0.15, 0.2) is 0 Å². The molecule has 1 fully saturated rings. The molecule has 1 aliphatic rings. The number of hydrogen-bond donors (Lipinski definition) is 1. The van der Waals surface area contributed by atoms with Gasteiger partial charge in [0.1, 0.15) is 11.6 Å². The highest BCUT2D eigenvalue weighted by molar-refractivity contribution is 5.95. The van der Waals surface area contributed by atoms with Crippen LogP contribution in [0.5, 0.6) is 5.75 Å². The molecule has 1 amide bonds. The normalized spacial score (nSPS) is 14.8. The van der Waals surface area contributed by atoms with E-state index in [0.717, 1.165) is 25.7 Å². The van der Waals surface area contributed by atoms with E-state index in [0.29, 0.717) is 18.8 Å². The average Bonchev–Trinajstić information content (AvgIpc) is 2.40. The predicted octanol–water partition coefficient (Wildman–Crippen LogP) is 2.18. The number of nitrogens with two attached hydrogens (primary N) is 1. The minimum absolute atomic E-state index is 0.106. The third kappa shape index (κ3) is 3.10. The molecule has 5 heteroatoms. The Morgan fingerprint density at radius 3 is 2.75 bits per heavy atom. The Morgan fingerprint density at radius 2 is 2.25 bits per heavy atom. The SMILES string of the molecule is COc1ccc(C(=O)N(CCCN)C2CCC2)c(F)c1. The molecule has 0 atom stereocenters. The van der Waals surface area contributed by atoms with E-state index in [9.17, 15) is 9.18 Å². The van der Waals surface area contributed by atoms with E-state index in [-0.39, 0.29) is 17.5 Å². The summed E-state index contributed by atoms with van der Waals surface area (Å²) in [6, 6.07) is 4.58. The standard InChI is InChI=1S/C15H21FN2O2/c1-20-12-6-7-13(14(16)10-12)15(19)18(9-3-8-17)11-4-2-5-11/h6-7,10-11H,2-5,8-9,17H2,1H3. The van der Waals surface area contributed by atoms with Crippen LogP contribution in [0.1, 0.15) is 36.0 Å². The van der Waals surface area contributed by atoms with Crippen molar-refractivity contribution in [2.45, 2.75) is 31.7 Å². The summed E-state index contributed by atoms with van der Waals surface area (Å²) in [5, 5.41) is 0. The average molecular weight is 280 g/mol. The van der Waals surface area contributed by atoms with E-state index in [4.69, 9.17) is 10.5 Å². The first kappa shape index (κ1) is 14.8. The number of rotatable bonds is 6. The molecule has 0 unspecified atom stereocenters. The minimum atomic E-state index is -0.536. The number of methoxy groups -OCH3 is 1. The van der Waals surface area contributed by atoms with Gasteiger partial charge in [0, 0.05) is 18.7 Å². The van der Waals surface area contributed by atoms with E-state index >= 15 is 0 Å². The number of halogens is 1. The van der Waals surface area contributed by atoms with Gasteiger partial charge in [0.25, 0.3) is 5.91 Å². The first-order valence-corrected chi connectivity index (χ1v) is 7.02. The Labute approximate surface area is 118 Å². The number of carbonyl (C=O) groups is 1. The molecular weight excluding hydrogens is 259 g/mol. The van der Waals surface area contributed by atoms with Crippen LogP contribution < -0.4 is 10.5 Å². The molecule has 0 saturated heterocycles. The Hall–Kier alpha value is -1.62. The highest BCUT2D eigenvalue weighted by Gasteiger charge is 2.30. The third-order valence-electron chi connectivity index (χ3n) is 3.79. The second-order valence-corrected chi connectivity index (χ2v) is 5.07. The number of benzene rings is 1. The number of ether oxygens (including phenoxy) is 1. The lowest BCUT2D eigenvalue weighted by Gasteiger charge is -2.37. The van der Waals surface area contributed by atoms with Crippen LogP contribution in [0.15, 0.2) is 18.2 Å². The van der Waals surface area contributed by atoms with E-state index in [1.807, 2.05) is 0 Å². The number of amides is 1. The van der Waals surface area contributed by atoms with Gasteiger partial charge in [0.2, 0.25) is 0 Å². The van der Waals surface area contributed by atoms with Crippen molar-refractivity contribution in [1.29, 1.82) is 0 Å². The van der Waals surface area contributed by atoms with Gasteiger partial charge >= 0.3 is 0 Å². The van der Waals surface area contributed by atoms with Gasteiger partial charge in [-0.15, -0.1) is 0 Å². The molecule has 0 radical (unpaired) electrons. The summed E-state index contributed by atoms with van der Waals surface area (Å²) in [5.41, 5.74) is 5.62. The quantitative estimate of drug-likeness (QED) is 0.869. The molecule has 2 rings (SSSR count). The summed E-state index contributed by atoms with van der Waals surface area (Å²) in [6.07, 6.45) is 3.85. The fourth-order valence-corrected chi connectivity index (χ4v) is 2.36. The van der Waals surface area contributed by atoms with Gasteiger partial charge in [-0.2, -0.15) is 0 Å². The Bertz CT molecular complexity index is 475. The van der Waals surface area contributed by atoms with E-state index in [1.54, 1.807) is 11.0 Å².